The number of hydrogen-bond donors (Lipinski definition) is 1. The minimum atomic E-state index is -0.157. The van der Waals surface area contributed by atoms with Crippen LogP contribution >= 0.6 is 11.3 Å². The first-order valence-corrected chi connectivity index (χ1v) is 8.64. The van der Waals surface area contributed by atoms with E-state index in [9.17, 15) is 4.79 Å². The van der Waals surface area contributed by atoms with Gasteiger partial charge in [-0.15, -0.1) is 11.3 Å². The van der Waals surface area contributed by atoms with E-state index in [1.165, 1.54) is 10.4 Å². The second-order valence-electron chi connectivity index (χ2n) is 5.72. The number of nitrogens with zero attached hydrogens (tertiary/aromatic N) is 1. The molecule has 0 saturated carbocycles. The summed E-state index contributed by atoms with van der Waals surface area (Å²) < 4.78 is 11.5. The number of ether oxygens (including phenoxy) is 2. The lowest BCUT2D eigenvalue weighted by atomic mass is 10.1. The molecule has 2 aliphatic rings. The Morgan fingerprint density at radius 1 is 1.30 bits per heavy atom. The number of carbonyl (C=O) groups excluding carboxylic acids is 1. The lowest BCUT2D eigenvalue weighted by molar-refractivity contribution is 0.0898. The average Bonchev–Trinajstić information content (AvgIpc) is 3.07. The Morgan fingerprint density at radius 2 is 2.17 bits per heavy atom. The summed E-state index contributed by atoms with van der Waals surface area (Å²) in [5, 5.41) is 5.06. The van der Waals surface area contributed by atoms with E-state index in [4.69, 9.17) is 9.47 Å². The van der Waals surface area contributed by atoms with Gasteiger partial charge >= 0.3 is 6.03 Å². The minimum absolute atomic E-state index is 0.0377. The fraction of sp³-hybridized carbons (Fsp3) is 0.353. The number of rotatable bonds is 2. The zero-order valence-electron chi connectivity index (χ0n) is 12.7. The lowest BCUT2D eigenvalue weighted by Gasteiger charge is -2.30. The Hall–Kier alpha value is -2.21. The highest BCUT2D eigenvalue weighted by Crippen LogP contribution is 2.30. The van der Waals surface area contributed by atoms with Crippen LogP contribution < -0.4 is 14.8 Å². The van der Waals surface area contributed by atoms with Crippen LogP contribution in [0, 0.1) is 0 Å². The first-order chi connectivity index (χ1) is 11.3. The molecular weight excluding hydrogens is 312 g/mol. The fourth-order valence-corrected chi connectivity index (χ4v) is 3.79. The van der Waals surface area contributed by atoms with E-state index in [1.54, 1.807) is 11.3 Å². The number of urea groups is 1. The molecule has 2 aliphatic heterocycles. The van der Waals surface area contributed by atoms with Crippen LogP contribution in [-0.4, -0.2) is 36.7 Å². The van der Waals surface area contributed by atoms with E-state index in [0.29, 0.717) is 19.7 Å². The Balaban J connectivity index is 1.31. The van der Waals surface area contributed by atoms with Crippen molar-refractivity contribution in [3.05, 3.63) is 46.2 Å². The first kappa shape index (κ1) is 14.4. The van der Waals surface area contributed by atoms with Crippen LogP contribution in [0.1, 0.15) is 10.4 Å². The first-order valence-electron chi connectivity index (χ1n) is 7.76. The maximum absolute atomic E-state index is 12.3. The van der Waals surface area contributed by atoms with Crippen LogP contribution in [0.5, 0.6) is 11.5 Å². The summed E-state index contributed by atoms with van der Waals surface area (Å²) in [5.74, 6) is 1.50. The second-order valence-corrected chi connectivity index (χ2v) is 6.72. The van der Waals surface area contributed by atoms with Crippen LogP contribution in [0.2, 0.25) is 0 Å². The van der Waals surface area contributed by atoms with E-state index in [2.05, 4.69) is 16.8 Å². The zero-order chi connectivity index (χ0) is 15.6. The summed E-state index contributed by atoms with van der Waals surface area (Å²) in [6.07, 6.45) is 0.784. The maximum atomic E-state index is 12.3. The zero-order valence-corrected chi connectivity index (χ0v) is 13.5. The summed E-state index contributed by atoms with van der Waals surface area (Å²) in [4.78, 5) is 15.6. The lowest BCUT2D eigenvalue weighted by Crippen LogP contribution is -2.47. The van der Waals surface area contributed by atoms with Crippen LogP contribution in [-0.2, 0) is 13.0 Å². The Kier molecular flexibility index (Phi) is 3.83. The molecule has 1 unspecified atom stereocenters. The van der Waals surface area contributed by atoms with Gasteiger partial charge in [0.15, 0.2) is 17.6 Å². The number of amides is 2. The highest BCUT2D eigenvalue weighted by molar-refractivity contribution is 7.10. The fourth-order valence-electron chi connectivity index (χ4n) is 2.90. The number of para-hydroxylation sites is 2. The number of thiophene rings is 1. The molecule has 23 heavy (non-hydrogen) atoms. The van der Waals surface area contributed by atoms with E-state index in [0.717, 1.165) is 24.5 Å². The van der Waals surface area contributed by atoms with Crippen molar-refractivity contribution in [2.24, 2.45) is 0 Å². The topological polar surface area (TPSA) is 50.8 Å². The van der Waals surface area contributed by atoms with Gasteiger partial charge in [0.1, 0.15) is 6.61 Å². The molecule has 5 nitrogen and oxygen atoms in total. The molecule has 0 spiro atoms. The molecule has 0 bridgehead atoms. The normalized spacial score (nSPS) is 19.1. The van der Waals surface area contributed by atoms with Crippen molar-refractivity contribution in [2.75, 3.05) is 19.7 Å². The molecule has 0 fully saturated rings. The second kappa shape index (κ2) is 6.12. The molecule has 3 heterocycles. The van der Waals surface area contributed by atoms with Gasteiger partial charge in [-0.2, -0.15) is 0 Å². The van der Waals surface area contributed by atoms with Gasteiger partial charge in [-0.1, -0.05) is 12.1 Å². The molecule has 1 aromatic carbocycles. The van der Waals surface area contributed by atoms with Crippen LogP contribution in [0.15, 0.2) is 35.7 Å². The highest BCUT2D eigenvalue weighted by Gasteiger charge is 2.24. The van der Waals surface area contributed by atoms with Gasteiger partial charge in [-0.05, 0) is 35.6 Å². The molecule has 2 aromatic rings. The number of nitrogens with one attached hydrogen (secondary N) is 1. The van der Waals surface area contributed by atoms with Crippen molar-refractivity contribution in [3.63, 3.8) is 0 Å². The van der Waals surface area contributed by atoms with Gasteiger partial charge in [-0.25, -0.2) is 4.79 Å². The van der Waals surface area contributed by atoms with Gasteiger partial charge in [0.25, 0.3) is 0 Å². The third-order valence-electron chi connectivity index (χ3n) is 4.14. The van der Waals surface area contributed by atoms with E-state index >= 15 is 0 Å². The van der Waals surface area contributed by atoms with Gasteiger partial charge < -0.3 is 19.7 Å². The summed E-state index contributed by atoms with van der Waals surface area (Å²) in [5.41, 5.74) is 1.27. The van der Waals surface area contributed by atoms with Gasteiger partial charge in [0, 0.05) is 18.0 Å². The van der Waals surface area contributed by atoms with Crippen molar-refractivity contribution in [2.45, 2.75) is 19.1 Å². The van der Waals surface area contributed by atoms with Crippen molar-refractivity contribution in [3.8, 4) is 11.5 Å². The third kappa shape index (κ3) is 2.99. The Bertz CT molecular complexity index is 715. The minimum Gasteiger partial charge on any atom is -0.486 e. The smallest absolute Gasteiger partial charge is 0.317 e. The van der Waals surface area contributed by atoms with Crippen molar-refractivity contribution in [1.82, 2.24) is 10.2 Å². The quantitative estimate of drug-likeness (QED) is 0.921. The molecular formula is C17H18N2O3S. The number of fused-ring (bicyclic) bond motifs is 2. The summed E-state index contributed by atoms with van der Waals surface area (Å²) in [6.45, 7) is 2.35. The Labute approximate surface area is 138 Å². The molecule has 2 amide bonds. The van der Waals surface area contributed by atoms with Crippen LogP contribution in [0.4, 0.5) is 4.79 Å². The maximum Gasteiger partial charge on any atom is 0.317 e. The van der Waals surface area contributed by atoms with Crippen molar-refractivity contribution < 1.29 is 14.3 Å². The predicted octanol–water partition coefficient (Wildman–Crippen LogP) is 2.66. The Morgan fingerprint density at radius 3 is 3.09 bits per heavy atom. The van der Waals surface area contributed by atoms with Gasteiger partial charge in [0.05, 0.1) is 6.54 Å². The highest BCUT2D eigenvalue weighted by atomic mass is 32.1. The number of carbonyl (C=O) groups is 1. The standard InChI is InChI=1S/C17H18N2O3S/c20-17(19-7-5-16-12(10-19)6-8-23-16)18-9-13-11-21-14-3-1-2-4-15(14)22-13/h1-4,6,8,13H,5,7,9-11H2,(H,18,20). The summed E-state index contributed by atoms with van der Waals surface area (Å²) in [7, 11) is 0. The molecule has 120 valence electrons. The molecule has 0 radical (unpaired) electrons. The van der Waals surface area contributed by atoms with Crippen LogP contribution in [0.25, 0.3) is 0 Å². The summed E-state index contributed by atoms with van der Waals surface area (Å²) >= 11 is 1.77. The van der Waals surface area contributed by atoms with Crippen molar-refractivity contribution in [1.29, 1.82) is 0 Å². The van der Waals surface area contributed by atoms with Gasteiger partial charge in [0.2, 0.25) is 0 Å². The van der Waals surface area contributed by atoms with E-state index in [-0.39, 0.29) is 12.1 Å². The van der Waals surface area contributed by atoms with Crippen molar-refractivity contribution >= 4 is 17.4 Å². The SMILES string of the molecule is O=C(NCC1COc2ccccc2O1)N1CCc2sccc2C1. The monoisotopic (exact) mass is 330 g/mol. The molecule has 0 aliphatic carbocycles. The average molecular weight is 330 g/mol. The predicted molar refractivity (Wildman–Crippen MR) is 88.2 cm³/mol. The molecule has 6 heteroatoms. The van der Waals surface area contributed by atoms with E-state index in [1.807, 2.05) is 29.2 Å². The molecule has 1 atom stereocenters. The molecule has 0 saturated heterocycles. The molecule has 4 rings (SSSR count). The largest absolute Gasteiger partial charge is 0.486 e. The number of benzene rings is 1. The van der Waals surface area contributed by atoms with Crippen LogP contribution in [0.3, 0.4) is 0 Å². The molecule has 1 N–H and O–H groups in total. The summed E-state index contributed by atoms with van der Waals surface area (Å²) in [6, 6.07) is 9.66. The number of hydrogen-bond acceptors (Lipinski definition) is 4. The molecule has 1 aromatic heterocycles. The van der Waals surface area contributed by atoms with Gasteiger partial charge in [-0.3, -0.25) is 0 Å². The van der Waals surface area contributed by atoms with E-state index < -0.39 is 0 Å². The third-order valence-corrected chi connectivity index (χ3v) is 5.17.